The Morgan fingerprint density at radius 2 is 1.63 bits per heavy atom. The van der Waals surface area contributed by atoms with Crippen LogP contribution < -0.4 is 10.6 Å². The monoisotopic (exact) mass is 541 g/mol. The molecule has 0 aliphatic carbocycles. The summed E-state index contributed by atoms with van der Waals surface area (Å²) in [6.07, 6.45) is 1.86. The van der Waals surface area contributed by atoms with E-state index in [4.69, 9.17) is 4.74 Å². The van der Waals surface area contributed by atoms with Crippen LogP contribution in [0.1, 0.15) is 75.3 Å². The highest BCUT2D eigenvalue weighted by Gasteiger charge is 2.36. The Hall–Kier alpha value is -3.00. The minimum absolute atomic E-state index is 0.0569. The van der Waals surface area contributed by atoms with Crippen molar-refractivity contribution in [2.75, 3.05) is 17.6 Å². The molecule has 2 aromatic rings. The number of benzene rings is 2. The third-order valence-electron chi connectivity index (χ3n) is 5.98. The summed E-state index contributed by atoms with van der Waals surface area (Å²) in [5.41, 5.74) is 3.59. The van der Waals surface area contributed by atoms with Gasteiger partial charge in [0.2, 0.25) is 5.91 Å². The lowest BCUT2D eigenvalue weighted by atomic mass is 9.98. The van der Waals surface area contributed by atoms with Crippen molar-refractivity contribution >= 4 is 36.2 Å². The normalized spacial score (nSPS) is 12.8. The van der Waals surface area contributed by atoms with E-state index in [1.807, 2.05) is 63.2 Å². The van der Waals surface area contributed by atoms with Crippen molar-refractivity contribution in [3.8, 4) is 0 Å². The van der Waals surface area contributed by atoms with Gasteiger partial charge < -0.3 is 20.3 Å². The summed E-state index contributed by atoms with van der Waals surface area (Å²) in [6, 6.07) is 11.6. The lowest BCUT2D eigenvalue weighted by Crippen LogP contribution is -2.53. The fraction of sp³-hybridized carbons (Fsp3) is 0.500. The van der Waals surface area contributed by atoms with Gasteiger partial charge in [-0.1, -0.05) is 67.3 Å². The number of rotatable bonds is 11. The number of para-hydroxylation sites is 1. The zero-order valence-corrected chi connectivity index (χ0v) is 24.7. The SMILES string of the molecule is CCCCCN(C(=O)C(CS)NC(=O)OC(C)(C)C)C(C(=O)Nc1ccccc1C)c1cc(C)cc(C)c1. The van der Waals surface area contributed by atoms with Crippen molar-refractivity contribution in [2.45, 2.75) is 85.4 Å². The van der Waals surface area contributed by atoms with Crippen LogP contribution in [0.4, 0.5) is 10.5 Å². The van der Waals surface area contributed by atoms with Gasteiger partial charge in [-0.15, -0.1) is 0 Å². The largest absolute Gasteiger partial charge is 0.444 e. The summed E-state index contributed by atoms with van der Waals surface area (Å²) >= 11 is 4.36. The third-order valence-corrected chi connectivity index (χ3v) is 6.35. The zero-order valence-electron chi connectivity index (χ0n) is 23.8. The van der Waals surface area contributed by atoms with Crippen molar-refractivity contribution < 1.29 is 19.1 Å². The summed E-state index contributed by atoms with van der Waals surface area (Å²) in [7, 11) is 0. The Kier molecular flexibility index (Phi) is 11.7. The average molecular weight is 542 g/mol. The number of carbonyl (C=O) groups excluding carboxylic acids is 3. The minimum Gasteiger partial charge on any atom is -0.444 e. The van der Waals surface area contributed by atoms with Crippen LogP contribution in [0.2, 0.25) is 0 Å². The number of anilines is 1. The molecule has 0 saturated heterocycles. The lowest BCUT2D eigenvalue weighted by molar-refractivity contribution is -0.140. The van der Waals surface area contributed by atoms with Gasteiger partial charge in [-0.25, -0.2) is 4.79 Å². The van der Waals surface area contributed by atoms with Crippen LogP contribution >= 0.6 is 12.6 Å². The molecular formula is C30H43N3O4S. The first-order valence-electron chi connectivity index (χ1n) is 13.2. The molecule has 8 heteroatoms. The summed E-state index contributed by atoms with van der Waals surface area (Å²) in [6.45, 7) is 13.6. The number of unbranched alkanes of at least 4 members (excludes halogenated alkanes) is 2. The number of nitrogens with one attached hydrogen (secondary N) is 2. The highest BCUT2D eigenvalue weighted by Crippen LogP contribution is 2.28. The molecule has 7 nitrogen and oxygen atoms in total. The second-order valence-corrected chi connectivity index (χ2v) is 11.1. The minimum atomic E-state index is -0.963. The molecule has 0 radical (unpaired) electrons. The number of alkyl carbamates (subject to hydrolysis) is 1. The second-order valence-electron chi connectivity index (χ2n) is 10.7. The predicted octanol–water partition coefficient (Wildman–Crippen LogP) is 6.13. The number of amides is 3. The molecule has 0 saturated carbocycles. The van der Waals surface area contributed by atoms with E-state index in [1.165, 1.54) is 0 Å². The maximum absolute atomic E-state index is 14.0. The predicted molar refractivity (Wildman–Crippen MR) is 157 cm³/mol. The average Bonchev–Trinajstić information content (AvgIpc) is 2.81. The van der Waals surface area contributed by atoms with E-state index in [-0.39, 0.29) is 17.6 Å². The summed E-state index contributed by atoms with van der Waals surface area (Å²) in [4.78, 5) is 42.1. The molecular weight excluding hydrogens is 498 g/mol. The van der Waals surface area contributed by atoms with Crippen molar-refractivity contribution in [3.63, 3.8) is 0 Å². The van der Waals surface area contributed by atoms with E-state index in [9.17, 15) is 14.4 Å². The third kappa shape index (κ3) is 9.39. The molecule has 3 amide bonds. The first-order chi connectivity index (χ1) is 17.9. The highest BCUT2D eigenvalue weighted by molar-refractivity contribution is 7.80. The number of aryl methyl sites for hydroxylation is 3. The molecule has 0 fully saturated rings. The van der Waals surface area contributed by atoms with Crippen LogP contribution in [0.25, 0.3) is 0 Å². The van der Waals surface area contributed by atoms with Crippen LogP contribution in [0.15, 0.2) is 42.5 Å². The van der Waals surface area contributed by atoms with Crippen LogP contribution in [0.5, 0.6) is 0 Å². The van der Waals surface area contributed by atoms with Crippen LogP contribution in [-0.2, 0) is 14.3 Å². The topological polar surface area (TPSA) is 87.7 Å². The van der Waals surface area contributed by atoms with Gasteiger partial charge >= 0.3 is 6.09 Å². The molecule has 2 atom stereocenters. The zero-order chi connectivity index (χ0) is 28.5. The van der Waals surface area contributed by atoms with Gasteiger partial charge in [0.05, 0.1) is 0 Å². The van der Waals surface area contributed by atoms with E-state index in [0.29, 0.717) is 24.2 Å². The fourth-order valence-corrected chi connectivity index (χ4v) is 4.54. The molecule has 2 N–H and O–H groups in total. The Morgan fingerprint density at radius 1 is 1.00 bits per heavy atom. The van der Waals surface area contributed by atoms with Gasteiger partial charge in [0.25, 0.3) is 5.91 Å². The van der Waals surface area contributed by atoms with Crippen LogP contribution in [-0.4, -0.2) is 46.7 Å². The number of hydrogen-bond acceptors (Lipinski definition) is 5. The highest BCUT2D eigenvalue weighted by atomic mass is 32.1. The van der Waals surface area contributed by atoms with Crippen LogP contribution in [0, 0.1) is 20.8 Å². The number of nitrogens with zero attached hydrogens (tertiary/aromatic N) is 1. The standard InChI is InChI=1S/C30H43N3O4S/c1-8-9-12-15-33(28(35)25(19-38)32-29(36)37-30(5,6)7)26(23-17-20(2)16-21(3)18-23)27(34)31-24-14-11-10-13-22(24)4/h10-11,13-14,16-18,25-26,38H,8-9,12,15,19H2,1-7H3,(H,31,34)(H,32,36). The first-order valence-corrected chi connectivity index (χ1v) is 13.8. The van der Waals surface area contributed by atoms with Gasteiger partial charge in [-0.2, -0.15) is 12.6 Å². The lowest BCUT2D eigenvalue weighted by Gasteiger charge is -2.34. The second kappa shape index (κ2) is 14.2. The van der Waals surface area contributed by atoms with Crippen molar-refractivity contribution in [3.05, 3.63) is 64.7 Å². The molecule has 38 heavy (non-hydrogen) atoms. The van der Waals surface area contributed by atoms with Gasteiger partial charge in [0.1, 0.15) is 17.7 Å². The van der Waals surface area contributed by atoms with E-state index < -0.39 is 23.8 Å². The van der Waals surface area contributed by atoms with Gasteiger partial charge in [-0.3, -0.25) is 9.59 Å². The van der Waals surface area contributed by atoms with Gasteiger partial charge in [0.15, 0.2) is 0 Å². The molecule has 208 valence electrons. The molecule has 2 rings (SSSR count). The van der Waals surface area contributed by atoms with Crippen molar-refractivity contribution in [1.82, 2.24) is 10.2 Å². The van der Waals surface area contributed by atoms with Gasteiger partial charge in [0, 0.05) is 18.0 Å². The van der Waals surface area contributed by atoms with Crippen molar-refractivity contribution in [1.29, 1.82) is 0 Å². The van der Waals surface area contributed by atoms with E-state index in [2.05, 4.69) is 30.2 Å². The van der Waals surface area contributed by atoms with E-state index in [1.54, 1.807) is 25.7 Å². The molecule has 0 heterocycles. The molecule has 0 aromatic heterocycles. The quantitative estimate of drug-likeness (QED) is 0.236. The van der Waals surface area contributed by atoms with Crippen LogP contribution in [0.3, 0.4) is 0 Å². The first kappa shape index (κ1) is 31.2. The smallest absolute Gasteiger partial charge is 0.408 e. The molecule has 2 unspecified atom stereocenters. The number of hydrogen-bond donors (Lipinski definition) is 3. The summed E-state index contributed by atoms with van der Waals surface area (Å²) in [5, 5.41) is 5.70. The summed E-state index contributed by atoms with van der Waals surface area (Å²) < 4.78 is 5.38. The number of thiol groups is 1. The molecule has 2 aromatic carbocycles. The Labute approximate surface area is 233 Å². The Bertz CT molecular complexity index is 1090. The molecule has 0 spiro atoms. The van der Waals surface area contributed by atoms with Gasteiger partial charge in [-0.05, 0) is 65.2 Å². The summed E-state index contributed by atoms with van der Waals surface area (Å²) in [5.74, 6) is -0.642. The molecule has 0 aliphatic rings. The molecule has 0 aliphatic heterocycles. The maximum Gasteiger partial charge on any atom is 0.408 e. The van der Waals surface area contributed by atoms with E-state index >= 15 is 0 Å². The fourth-order valence-electron chi connectivity index (χ4n) is 4.29. The molecule has 0 bridgehead atoms. The van der Waals surface area contributed by atoms with E-state index in [0.717, 1.165) is 29.5 Å². The number of ether oxygens (including phenoxy) is 1. The number of carbonyl (C=O) groups is 3. The van der Waals surface area contributed by atoms with Crippen molar-refractivity contribution in [2.24, 2.45) is 0 Å². The maximum atomic E-state index is 14.0. The Balaban J connectivity index is 2.53. The Morgan fingerprint density at radius 3 is 2.18 bits per heavy atom.